The van der Waals surface area contributed by atoms with Gasteiger partial charge in [0.1, 0.15) is 11.6 Å². The fraction of sp³-hybridized carbons (Fsp3) is 0.100. The zero-order valence-electron chi connectivity index (χ0n) is 22.0. The van der Waals surface area contributed by atoms with E-state index in [-0.39, 0.29) is 17.5 Å². The molecule has 206 valence electrons. The number of thiazole rings is 1. The van der Waals surface area contributed by atoms with Crippen LogP contribution in [0.25, 0.3) is 16.4 Å². The Labute approximate surface area is 248 Å². The summed E-state index contributed by atoms with van der Waals surface area (Å²) in [5.74, 6) is 0.664. The van der Waals surface area contributed by atoms with E-state index in [1.165, 1.54) is 16.0 Å². The fourth-order valence-electron chi connectivity index (χ4n) is 4.89. The first-order valence-electron chi connectivity index (χ1n) is 12.7. The van der Waals surface area contributed by atoms with E-state index >= 15 is 0 Å². The fourth-order valence-corrected chi connectivity index (χ4v) is 5.93. The number of aliphatic hydroxyl groups excluding tert-OH is 1. The Morgan fingerprint density at radius 2 is 1.66 bits per heavy atom. The summed E-state index contributed by atoms with van der Waals surface area (Å²) in [5, 5.41) is 40.3. The molecule has 11 heteroatoms. The number of aliphatic hydroxyl groups is 1. The Bertz CT molecular complexity index is 1760. The Kier molecular flexibility index (Phi) is 6.98. The van der Waals surface area contributed by atoms with Crippen LogP contribution in [0.1, 0.15) is 29.8 Å². The second-order valence-corrected chi connectivity index (χ2v) is 11.2. The number of phenolic OH excluding ortho intramolecular Hbond substituents is 1. The lowest BCUT2D eigenvalue weighted by Crippen LogP contribution is -2.33. The number of aromatic nitrogens is 4. The summed E-state index contributed by atoms with van der Waals surface area (Å²) in [6.45, 7) is 3.71. The SMILES string of the molecule is CC1=CN(c2ccccn2)C=C(O)N1C(c1ccc(Br)cc1)c1c(C)nn(-c2nc(-c3ccccc3O)cs2)c1O. The van der Waals surface area contributed by atoms with Crippen molar-refractivity contribution in [2.45, 2.75) is 19.9 Å². The maximum absolute atomic E-state index is 11.7. The van der Waals surface area contributed by atoms with Crippen molar-refractivity contribution in [3.63, 3.8) is 0 Å². The van der Waals surface area contributed by atoms with Gasteiger partial charge in [-0.25, -0.2) is 9.97 Å². The average molecular weight is 630 g/mol. The Hall–Kier alpha value is -4.61. The molecule has 1 aliphatic heterocycles. The number of anilines is 1. The summed E-state index contributed by atoms with van der Waals surface area (Å²) in [7, 11) is 0. The Balaban J connectivity index is 1.45. The highest BCUT2D eigenvalue weighted by Gasteiger charge is 2.35. The predicted octanol–water partition coefficient (Wildman–Crippen LogP) is 7.00. The number of allylic oxidation sites excluding steroid dienone is 1. The van der Waals surface area contributed by atoms with E-state index in [2.05, 4.69) is 31.0 Å². The number of para-hydroxylation sites is 1. The van der Waals surface area contributed by atoms with Crippen LogP contribution >= 0.6 is 27.3 Å². The number of rotatable bonds is 6. The molecule has 0 saturated carbocycles. The van der Waals surface area contributed by atoms with Crippen molar-refractivity contribution >= 4 is 33.1 Å². The molecular weight excluding hydrogens is 604 g/mol. The summed E-state index contributed by atoms with van der Waals surface area (Å²) in [5.41, 5.74) is 3.82. The maximum atomic E-state index is 11.7. The van der Waals surface area contributed by atoms with E-state index in [0.717, 1.165) is 15.7 Å². The monoisotopic (exact) mass is 628 g/mol. The van der Waals surface area contributed by atoms with Crippen LogP contribution in [-0.2, 0) is 0 Å². The number of aromatic hydroxyl groups is 2. The van der Waals surface area contributed by atoms with Crippen LogP contribution in [-0.4, -0.2) is 40.0 Å². The Morgan fingerprint density at radius 1 is 0.902 bits per heavy atom. The molecule has 1 aliphatic rings. The number of hydrogen-bond donors (Lipinski definition) is 3. The Morgan fingerprint density at radius 3 is 2.37 bits per heavy atom. The molecule has 0 aliphatic carbocycles. The summed E-state index contributed by atoms with van der Waals surface area (Å²) in [6, 6.07) is 19.6. The van der Waals surface area contributed by atoms with Crippen molar-refractivity contribution in [1.29, 1.82) is 0 Å². The van der Waals surface area contributed by atoms with Crippen molar-refractivity contribution in [2.24, 2.45) is 0 Å². The molecule has 6 rings (SSSR count). The second kappa shape index (κ2) is 10.8. The molecule has 0 bridgehead atoms. The molecule has 0 amide bonds. The summed E-state index contributed by atoms with van der Waals surface area (Å²) >= 11 is 4.80. The molecule has 3 N–H and O–H groups in total. The van der Waals surface area contributed by atoms with Crippen molar-refractivity contribution in [3.05, 3.63) is 124 Å². The van der Waals surface area contributed by atoms with Crippen molar-refractivity contribution < 1.29 is 15.3 Å². The minimum atomic E-state index is -0.618. The number of benzene rings is 2. The first-order valence-corrected chi connectivity index (χ1v) is 14.3. The quantitative estimate of drug-likeness (QED) is 0.184. The van der Waals surface area contributed by atoms with Gasteiger partial charge >= 0.3 is 0 Å². The molecule has 5 aromatic rings. The van der Waals surface area contributed by atoms with Gasteiger partial charge in [-0.1, -0.05) is 46.3 Å². The lowest BCUT2D eigenvalue weighted by molar-refractivity contribution is 0.201. The first kappa shape index (κ1) is 26.6. The molecule has 1 atom stereocenters. The molecule has 2 aromatic carbocycles. The summed E-state index contributed by atoms with van der Waals surface area (Å²) in [6.07, 6.45) is 5.17. The topological polar surface area (TPSA) is 111 Å². The molecule has 1 unspecified atom stereocenters. The maximum Gasteiger partial charge on any atom is 0.222 e. The van der Waals surface area contributed by atoms with Gasteiger partial charge in [-0.05, 0) is 55.8 Å². The van der Waals surface area contributed by atoms with Gasteiger partial charge in [0.2, 0.25) is 16.9 Å². The van der Waals surface area contributed by atoms with Crippen LogP contribution in [0.4, 0.5) is 5.82 Å². The largest absolute Gasteiger partial charge is 0.507 e. The molecule has 41 heavy (non-hydrogen) atoms. The third kappa shape index (κ3) is 4.94. The molecule has 0 saturated heterocycles. The van der Waals surface area contributed by atoms with Gasteiger partial charge in [-0.2, -0.15) is 9.78 Å². The third-order valence-corrected chi connectivity index (χ3v) is 8.12. The molecule has 0 radical (unpaired) electrons. The normalized spacial score (nSPS) is 14.1. The van der Waals surface area contributed by atoms with Gasteiger partial charge in [0.05, 0.1) is 29.2 Å². The molecule has 9 nitrogen and oxygen atoms in total. The number of phenols is 1. The zero-order chi connectivity index (χ0) is 28.7. The summed E-state index contributed by atoms with van der Waals surface area (Å²) < 4.78 is 2.30. The highest BCUT2D eigenvalue weighted by atomic mass is 79.9. The van der Waals surface area contributed by atoms with Crippen molar-refractivity contribution in [3.8, 4) is 28.0 Å². The van der Waals surface area contributed by atoms with Crippen LogP contribution in [0.3, 0.4) is 0 Å². The molecular formula is C30H25BrN6O3S. The molecule has 0 spiro atoms. The minimum absolute atomic E-state index is 0.0220. The van der Waals surface area contributed by atoms with Gasteiger partial charge in [0, 0.05) is 33.5 Å². The standard InChI is InChI=1S/C30H25BrN6O3S/c1-18-15-35(25-9-5-6-14-32-25)16-26(39)36(18)28(20-10-12-21(31)13-11-20)27-19(2)34-37(29(27)40)30-33-23(17-41-30)22-7-3-4-8-24(22)38/h3-17,28,38-40H,1-2H3. The lowest BCUT2D eigenvalue weighted by atomic mass is 9.96. The average Bonchev–Trinajstić information content (AvgIpc) is 3.56. The van der Waals surface area contributed by atoms with Crippen LogP contribution in [0.2, 0.25) is 0 Å². The highest BCUT2D eigenvalue weighted by Crippen LogP contribution is 2.43. The van der Waals surface area contributed by atoms with Gasteiger partial charge in [-0.3, -0.25) is 0 Å². The van der Waals surface area contributed by atoms with E-state index in [1.54, 1.807) is 40.4 Å². The second-order valence-electron chi connectivity index (χ2n) is 9.44. The first-order chi connectivity index (χ1) is 19.8. The van der Waals surface area contributed by atoms with Crippen LogP contribution in [0.5, 0.6) is 11.6 Å². The van der Waals surface area contributed by atoms with E-state index in [1.807, 2.05) is 74.0 Å². The molecule has 4 heterocycles. The van der Waals surface area contributed by atoms with Crippen LogP contribution < -0.4 is 4.90 Å². The van der Waals surface area contributed by atoms with E-state index in [0.29, 0.717) is 33.5 Å². The minimum Gasteiger partial charge on any atom is -0.507 e. The predicted molar refractivity (Wildman–Crippen MR) is 162 cm³/mol. The number of nitrogens with zero attached hydrogens (tertiary/aromatic N) is 6. The molecule has 3 aromatic heterocycles. The highest BCUT2D eigenvalue weighted by molar-refractivity contribution is 9.10. The van der Waals surface area contributed by atoms with Gasteiger partial charge in [0.25, 0.3) is 0 Å². The smallest absolute Gasteiger partial charge is 0.222 e. The van der Waals surface area contributed by atoms with E-state index in [4.69, 9.17) is 0 Å². The number of pyridine rings is 1. The number of hydrogen-bond acceptors (Lipinski definition) is 9. The number of halogens is 1. The van der Waals surface area contributed by atoms with Crippen LogP contribution in [0.15, 0.2) is 107 Å². The van der Waals surface area contributed by atoms with Gasteiger partial charge in [0.15, 0.2) is 0 Å². The van der Waals surface area contributed by atoms with Crippen molar-refractivity contribution in [2.75, 3.05) is 4.90 Å². The van der Waals surface area contributed by atoms with Crippen LogP contribution in [0, 0.1) is 6.92 Å². The van der Waals surface area contributed by atoms with Gasteiger partial charge in [-0.15, -0.1) is 11.3 Å². The number of aryl methyl sites for hydroxylation is 1. The van der Waals surface area contributed by atoms with E-state index < -0.39 is 6.04 Å². The van der Waals surface area contributed by atoms with E-state index in [9.17, 15) is 15.3 Å². The van der Waals surface area contributed by atoms with Crippen molar-refractivity contribution in [1.82, 2.24) is 24.6 Å². The van der Waals surface area contributed by atoms with Gasteiger partial charge < -0.3 is 25.1 Å². The zero-order valence-corrected chi connectivity index (χ0v) is 24.5. The lowest BCUT2D eigenvalue weighted by Gasteiger charge is -2.37. The third-order valence-electron chi connectivity index (χ3n) is 6.77. The molecule has 0 fully saturated rings. The summed E-state index contributed by atoms with van der Waals surface area (Å²) in [4.78, 5) is 12.6.